The van der Waals surface area contributed by atoms with Gasteiger partial charge in [-0.3, -0.25) is 4.79 Å². The molecule has 0 aliphatic rings. The van der Waals surface area contributed by atoms with Gasteiger partial charge in [0.05, 0.1) is 12.6 Å². The summed E-state index contributed by atoms with van der Waals surface area (Å²) < 4.78 is 5.31. The van der Waals surface area contributed by atoms with E-state index >= 15 is 0 Å². The van der Waals surface area contributed by atoms with Crippen molar-refractivity contribution in [3.05, 3.63) is 12.7 Å². The molecule has 1 atom stereocenters. The number of carboxylic acid groups (broad SMARTS) is 1. The maximum absolute atomic E-state index is 12.0. The van der Waals surface area contributed by atoms with Crippen molar-refractivity contribution in [3.63, 3.8) is 0 Å². The Kier molecular flexibility index (Phi) is 8.61. The maximum atomic E-state index is 12.0. The Morgan fingerprint density at radius 3 is 2.53 bits per heavy atom. The van der Waals surface area contributed by atoms with Crippen molar-refractivity contribution in [2.75, 3.05) is 26.3 Å². The van der Waals surface area contributed by atoms with Crippen molar-refractivity contribution >= 4 is 12.0 Å². The topological polar surface area (TPSA) is 78.9 Å². The fourth-order valence-corrected chi connectivity index (χ4v) is 1.43. The molecule has 1 unspecified atom stereocenters. The van der Waals surface area contributed by atoms with Crippen LogP contribution in [0.2, 0.25) is 0 Å². The van der Waals surface area contributed by atoms with Gasteiger partial charge in [-0.1, -0.05) is 19.9 Å². The monoisotopic (exact) mass is 272 g/mol. The number of amides is 2. The number of aliphatic carboxylic acids is 1. The van der Waals surface area contributed by atoms with Crippen molar-refractivity contribution in [1.29, 1.82) is 0 Å². The molecule has 110 valence electrons. The molecule has 0 aromatic heterocycles. The van der Waals surface area contributed by atoms with Crippen LogP contribution < -0.4 is 5.32 Å². The van der Waals surface area contributed by atoms with E-state index in [0.29, 0.717) is 13.2 Å². The molecular formula is C13H24N2O4. The fourth-order valence-electron chi connectivity index (χ4n) is 1.43. The third-order valence-corrected chi connectivity index (χ3v) is 2.58. The second-order valence-electron chi connectivity index (χ2n) is 4.52. The lowest BCUT2D eigenvalue weighted by Crippen LogP contribution is -2.50. The van der Waals surface area contributed by atoms with E-state index in [2.05, 4.69) is 11.9 Å². The van der Waals surface area contributed by atoms with Gasteiger partial charge in [-0.25, -0.2) is 4.79 Å². The van der Waals surface area contributed by atoms with Gasteiger partial charge in [0.15, 0.2) is 0 Å². The first kappa shape index (κ1) is 17.4. The Labute approximate surface area is 114 Å². The molecule has 0 heterocycles. The molecule has 2 N–H and O–H groups in total. The van der Waals surface area contributed by atoms with Crippen molar-refractivity contribution < 1.29 is 19.4 Å². The molecule has 0 aromatic carbocycles. The van der Waals surface area contributed by atoms with Gasteiger partial charge >= 0.3 is 12.0 Å². The largest absolute Gasteiger partial charge is 0.480 e. The normalized spacial score (nSPS) is 12.0. The van der Waals surface area contributed by atoms with E-state index < -0.39 is 12.0 Å². The van der Waals surface area contributed by atoms with Gasteiger partial charge in [-0.2, -0.15) is 0 Å². The summed E-state index contributed by atoms with van der Waals surface area (Å²) in [6.45, 7) is 10.2. The lowest BCUT2D eigenvalue weighted by atomic mass is 10.1. The average Bonchev–Trinajstić information content (AvgIpc) is 2.32. The van der Waals surface area contributed by atoms with Crippen LogP contribution >= 0.6 is 0 Å². The molecule has 0 spiro atoms. The molecular weight excluding hydrogens is 248 g/mol. The summed E-state index contributed by atoms with van der Waals surface area (Å²) in [5.41, 5.74) is 0. The van der Waals surface area contributed by atoms with Crippen LogP contribution in [-0.4, -0.2) is 54.4 Å². The maximum Gasteiger partial charge on any atom is 0.323 e. The van der Waals surface area contributed by atoms with Crippen LogP contribution in [0.1, 0.15) is 20.8 Å². The molecule has 2 amide bonds. The summed E-state index contributed by atoms with van der Waals surface area (Å²) in [6.07, 6.45) is 1.50. The van der Waals surface area contributed by atoms with Crippen LogP contribution in [0.5, 0.6) is 0 Å². The summed E-state index contributed by atoms with van der Waals surface area (Å²) >= 11 is 0. The van der Waals surface area contributed by atoms with Crippen molar-refractivity contribution in [2.45, 2.75) is 26.8 Å². The first-order valence-corrected chi connectivity index (χ1v) is 6.38. The number of hydrogen-bond acceptors (Lipinski definition) is 3. The highest BCUT2D eigenvalue weighted by Crippen LogP contribution is 2.04. The number of hydrogen-bond donors (Lipinski definition) is 2. The zero-order chi connectivity index (χ0) is 14.8. The minimum Gasteiger partial charge on any atom is -0.480 e. The third kappa shape index (κ3) is 7.46. The van der Waals surface area contributed by atoms with Crippen molar-refractivity contribution in [3.8, 4) is 0 Å². The van der Waals surface area contributed by atoms with Crippen LogP contribution in [-0.2, 0) is 9.53 Å². The first-order valence-electron chi connectivity index (χ1n) is 6.38. The molecule has 0 rings (SSSR count). The third-order valence-electron chi connectivity index (χ3n) is 2.58. The minimum absolute atomic E-state index is 0.145. The van der Waals surface area contributed by atoms with Crippen LogP contribution in [0.4, 0.5) is 4.79 Å². The van der Waals surface area contributed by atoms with Crippen LogP contribution in [0, 0.1) is 5.92 Å². The molecule has 0 fully saturated rings. The smallest absolute Gasteiger partial charge is 0.323 e. The Balaban J connectivity index is 4.55. The Morgan fingerprint density at radius 2 is 2.11 bits per heavy atom. The van der Waals surface area contributed by atoms with Crippen molar-refractivity contribution in [2.24, 2.45) is 5.92 Å². The number of nitrogens with zero attached hydrogens (tertiary/aromatic N) is 1. The Bertz CT molecular complexity index is 305. The van der Waals surface area contributed by atoms with E-state index in [9.17, 15) is 9.59 Å². The van der Waals surface area contributed by atoms with E-state index in [1.165, 1.54) is 11.0 Å². The minimum atomic E-state index is -1.05. The molecule has 6 nitrogen and oxygen atoms in total. The summed E-state index contributed by atoms with van der Waals surface area (Å²) in [7, 11) is 0. The van der Waals surface area contributed by atoms with Gasteiger partial charge in [0.1, 0.15) is 6.54 Å². The van der Waals surface area contributed by atoms with Crippen LogP contribution in [0.15, 0.2) is 12.7 Å². The second kappa shape index (κ2) is 9.38. The molecule has 0 aliphatic heterocycles. The summed E-state index contributed by atoms with van der Waals surface area (Å²) in [4.78, 5) is 23.9. The molecule has 6 heteroatoms. The number of rotatable bonds is 9. The van der Waals surface area contributed by atoms with Gasteiger partial charge in [0.25, 0.3) is 0 Å². The highest BCUT2D eigenvalue weighted by atomic mass is 16.5. The summed E-state index contributed by atoms with van der Waals surface area (Å²) in [6, 6.07) is -0.561. The number of urea groups is 1. The quantitative estimate of drug-likeness (QED) is 0.621. The molecule has 0 aliphatic carbocycles. The second-order valence-corrected chi connectivity index (χ2v) is 4.52. The highest BCUT2D eigenvalue weighted by Gasteiger charge is 2.21. The molecule has 0 aromatic rings. The molecule has 0 saturated carbocycles. The standard InChI is InChI=1S/C13H24N2O4/c1-5-7-15(8-12(16)17)13(18)14-11(10(3)4)9-19-6-2/h5,10-11H,1,6-9H2,2-4H3,(H,14,18)(H,16,17). The zero-order valence-corrected chi connectivity index (χ0v) is 11.9. The predicted molar refractivity (Wildman–Crippen MR) is 73.1 cm³/mol. The highest BCUT2D eigenvalue weighted by molar-refractivity contribution is 5.80. The van der Waals surface area contributed by atoms with Gasteiger partial charge < -0.3 is 20.1 Å². The number of carboxylic acids is 1. The van der Waals surface area contributed by atoms with Gasteiger partial charge in [0, 0.05) is 13.2 Å². The van der Waals surface area contributed by atoms with E-state index in [0.717, 1.165) is 0 Å². The summed E-state index contributed by atoms with van der Waals surface area (Å²) in [5.74, 6) is -0.853. The first-order chi connectivity index (χ1) is 8.92. The molecule has 0 radical (unpaired) electrons. The van der Waals surface area contributed by atoms with Gasteiger partial charge in [-0.15, -0.1) is 6.58 Å². The summed E-state index contributed by atoms with van der Waals surface area (Å²) in [5, 5.41) is 11.6. The van der Waals surface area contributed by atoms with Crippen molar-refractivity contribution in [1.82, 2.24) is 10.2 Å². The van der Waals surface area contributed by atoms with Crippen LogP contribution in [0.25, 0.3) is 0 Å². The van der Waals surface area contributed by atoms with E-state index in [-0.39, 0.29) is 25.0 Å². The SMILES string of the molecule is C=CCN(CC(=O)O)C(=O)NC(COCC)C(C)C. The van der Waals surface area contributed by atoms with Crippen LogP contribution in [0.3, 0.4) is 0 Å². The van der Waals surface area contributed by atoms with E-state index in [4.69, 9.17) is 9.84 Å². The molecule has 0 saturated heterocycles. The predicted octanol–water partition coefficient (Wildman–Crippen LogP) is 1.33. The Morgan fingerprint density at radius 1 is 1.47 bits per heavy atom. The zero-order valence-electron chi connectivity index (χ0n) is 11.9. The van der Waals surface area contributed by atoms with Gasteiger partial charge in [-0.05, 0) is 12.8 Å². The van der Waals surface area contributed by atoms with Gasteiger partial charge in [0.2, 0.25) is 0 Å². The van der Waals surface area contributed by atoms with E-state index in [1.54, 1.807) is 0 Å². The van der Waals surface area contributed by atoms with E-state index in [1.807, 2.05) is 20.8 Å². The number of nitrogens with one attached hydrogen (secondary N) is 1. The molecule has 0 bridgehead atoms. The lowest BCUT2D eigenvalue weighted by molar-refractivity contribution is -0.137. The molecule has 19 heavy (non-hydrogen) atoms. The number of carbonyl (C=O) groups excluding carboxylic acids is 1. The number of ether oxygens (including phenoxy) is 1. The Hall–Kier alpha value is -1.56. The lowest BCUT2D eigenvalue weighted by Gasteiger charge is -2.26. The average molecular weight is 272 g/mol. The number of carbonyl (C=O) groups is 2. The fraction of sp³-hybridized carbons (Fsp3) is 0.692.